The number of nitrogens with one attached hydrogen (secondary N) is 2. The summed E-state index contributed by atoms with van der Waals surface area (Å²) >= 11 is 1.47. The summed E-state index contributed by atoms with van der Waals surface area (Å²) in [5.41, 5.74) is 1.50. The number of carbonyl (C=O) groups is 1. The van der Waals surface area contributed by atoms with Crippen LogP contribution in [0.15, 0.2) is 34.7 Å². The lowest BCUT2D eigenvalue weighted by Crippen LogP contribution is -2.19. The zero-order chi connectivity index (χ0) is 15.5. The molecule has 0 atom stereocenters. The second kappa shape index (κ2) is 5.94. The number of amides is 2. The Morgan fingerprint density at radius 3 is 2.59 bits per heavy atom. The van der Waals surface area contributed by atoms with E-state index >= 15 is 0 Å². The van der Waals surface area contributed by atoms with E-state index in [0.717, 1.165) is 15.6 Å². The van der Waals surface area contributed by atoms with Crippen molar-refractivity contribution in [2.75, 3.05) is 10.6 Å². The number of para-hydroxylation sites is 1. The van der Waals surface area contributed by atoms with E-state index in [1.165, 1.54) is 11.3 Å². The molecule has 0 fully saturated rings. The molecule has 0 aliphatic heterocycles. The van der Waals surface area contributed by atoms with Crippen molar-refractivity contribution in [3.05, 3.63) is 41.0 Å². The van der Waals surface area contributed by atoms with Gasteiger partial charge in [-0.1, -0.05) is 23.3 Å². The second-order valence-electron chi connectivity index (χ2n) is 4.50. The Hall–Kier alpha value is -2.74. The molecule has 2 N–H and O–H groups in total. The minimum absolute atomic E-state index is 0.0360. The number of hydrogen-bond acceptors (Lipinski definition) is 6. The van der Waals surface area contributed by atoms with E-state index in [9.17, 15) is 4.79 Å². The van der Waals surface area contributed by atoms with E-state index in [1.54, 1.807) is 12.1 Å². The van der Waals surface area contributed by atoms with Gasteiger partial charge in [-0.3, -0.25) is 5.32 Å². The number of thiazole rings is 1. The summed E-state index contributed by atoms with van der Waals surface area (Å²) < 4.78 is 5.45. The van der Waals surface area contributed by atoms with Gasteiger partial charge in [-0.15, -0.1) is 16.4 Å². The van der Waals surface area contributed by atoms with Gasteiger partial charge in [0.15, 0.2) is 0 Å². The Morgan fingerprint density at radius 1 is 1.14 bits per heavy atom. The lowest BCUT2D eigenvalue weighted by molar-refractivity contribution is 0.261. The summed E-state index contributed by atoms with van der Waals surface area (Å²) in [4.78, 5) is 17.0. The van der Waals surface area contributed by atoms with Gasteiger partial charge in [0.2, 0.25) is 0 Å². The lowest BCUT2D eigenvalue weighted by Gasteiger charge is -2.03. The molecule has 0 radical (unpaired) electrons. The third-order valence-electron chi connectivity index (χ3n) is 2.77. The van der Waals surface area contributed by atoms with Crippen molar-refractivity contribution in [1.82, 2.24) is 15.2 Å². The van der Waals surface area contributed by atoms with Crippen LogP contribution < -0.4 is 10.6 Å². The molecule has 2 heterocycles. The molecule has 112 valence electrons. The highest BCUT2D eigenvalue weighted by Crippen LogP contribution is 2.29. The molecule has 2 aromatic heterocycles. The van der Waals surface area contributed by atoms with E-state index in [4.69, 9.17) is 4.42 Å². The minimum Gasteiger partial charge on any atom is -0.402 e. The van der Waals surface area contributed by atoms with Crippen LogP contribution in [-0.2, 0) is 0 Å². The van der Waals surface area contributed by atoms with E-state index in [2.05, 4.69) is 25.8 Å². The average Bonchev–Trinajstić information content (AvgIpc) is 3.06. The molecule has 8 heteroatoms. The number of hydrogen-bond donors (Lipinski definition) is 2. The van der Waals surface area contributed by atoms with E-state index < -0.39 is 6.03 Å². The van der Waals surface area contributed by atoms with Crippen LogP contribution in [0.1, 0.15) is 10.7 Å². The number of benzene rings is 1. The first kappa shape index (κ1) is 14.2. The number of aryl methyl sites for hydroxylation is 2. The van der Waals surface area contributed by atoms with Gasteiger partial charge < -0.3 is 9.73 Å². The van der Waals surface area contributed by atoms with Crippen molar-refractivity contribution in [1.29, 1.82) is 0 Å². The van der Waals surface area contributed by atoms with Crippen LogP contribution >= 0.6 is 11.3 Å². The Labute approximate surface area is 130 Å². The Balaban J connectivity index is 1.69. The van der Waals surface area contributed by atoms with Crippen LogP contribution in [0.5, 0.6) is 0 Å². The van der Waals surface area contributed by atoms with Gasteiger partial charge in [-0.25, -0.2) is 9.78 Å². The van der Waals surface area contributed by atoms with Crippen molar-refractivity contribution in [2.24, 2.45) is 0 Å². The van der Waals surface area contributed by atoms with Crippen LogP contribution in [-0.4, -0.2) is 21.2 Å². The van der Waals surface area contributed by atoms with Gasteiger partial charge >= 0.3 is 12.0 Å². The summed E-state index contributed by atoms with van der Waals surface area (Å²) in [7, 11) is 0. The second-order valence-corrected chi connectivity index (χ2v) is 5.71. The third-order valence-corrected chi connectivity index (χ3v) is 3.84. The maximum Gasteiger partial charge on any atom is 0.327 e. The molecule has 0 bridgehead atoms. The summed E-state index contributed by atoms with van der Waals surface area (Å²) in [6.07, 6.45) is 0. The predicted octanol–water partition coefficient (Wildman–Crippen LogP) is 3.45. The zero-order valence-electron chi connectivity index (χ0n) is 12.0. The van der Waals surface area contributed by atoms with Crippen molar-refractivity contribution in [3.8, 4) is 10.8 Å². The Bertz CT molecular complexity index is 797. The molecule has 0 spiro atoms. The molecular weight excluding hydrogens is 302 g/mol. The number of nitrogens with zero attached hydrogens (tertiary/aromatic N) is 3. The molecule has 0 saturated carbocycles. The van der Waals surface area contributed by atoms with Crippen molar-refractivity contribution in [2.45, 2.75) is 13.8 Å². The number of anilines is 2. The normalized spacial score (nSPS) is 10.5. The standard InChI is InChI=1S/C14H13N5O2S/c1-8-11(22-9(2)15-8)12-18-19-14(21-12)17-13(20)16-10-6-4-3-5-7-10/h3-7H,1-2H3,(H2,16,17,19,20). The fourth-order valence-electron chi connectivity index (χ4n) is 1.88. The molecule has 0 unspecified atom stereocenters. The molecule has 3 rings (SSSR count). The molecule has 1 aromatic carbocycles. The molecule has 2 amide bonds. The van der Waals surface area contributed by atoms with Gasteiger partial charge in [0.05, 0.1) is 10.7 Å². The average molecular weight is 315 g/mol. The third kappa shape index (κ3) is 3.12. The maximum absolute atomic E-state index is 11.8. The van der Waals surface area contributed by atoms with Crippen LogP contribution in [0.3, 0.4) is 0 Å². The fourth-order valence-corrected chi connectivity index (χ4v) is 2.72. The SMILES string of the molecule is Cc1nc(C)c(-c2nnc(NC(=O)Nc3ccccc3)o2)s1. The van der Waals surface area contributed by atoms with Crippen LogP contribution in [0, 0.1) is 13.8 Å². The van der Waals surface area contributed by atoms with Crippen molar-refractivity contribution < 1.29 is 9.21 Å². The molecule has 0 saturated heterocycles. The predicted molar refractivity (Wildman–Crippen MR) is 84.0 cm³/mol. The van der Waals surface area contributed by atoms with Gasteiger partial charge in [0.1, 0.15) is 4.88 Å². The number of aromatic nitrogens is 3. The van der Waals surface area contributed by atoms with E-state index in [-0.39, 0.29) is 6.01 Å². The Morgan fingerprint density at radius 2 is 1.91 bits per heavy atom. The highest BCUT2D eigenvalue weighted by molar-refractivity contribution is 7.15. The van der Waals surface area contributed by atoms with E-state index in [0.29, 0.717) is 11.6 Å². The molecule has 0 aliphatic rings. The smallest absolute Gasteiger partial charge is 0.327 e. The molecule has 0 aliphatic carbocycles. The monoisotopic (exact) mass is 315 g/mol. The van der Waals surface area contributed by atoms with Crippen LogP contribution in [0.2, 0.25) is 0 Å². The van der Waals surface area contributed by atoms with Gasteiger partial charge in [0, 0.05) is 5.69 Å². The van der Waals surface area contributed by atoms with Crippen LogP contribution in [0.4, 0.5) is 16.5 Å². The first-order valence-corrected chi connectivity index (χ1v) is 7.34. The van der Waals surface area contributed by atoms with Crippen molar-refractivity contribution in [3.63, 3.8) is 0 Å². The van der Waals surface area contributed by atoms with Gasteiger partial charge in [-0.2, -0.15) is 0 Å². The lowest BCUT2D eigenvalue weighted by atomic mass is 10.3. The van der Waals surface area contributed by atoms with Gasteiger partial charge in [0.25, 0.3) is 5.89 Å². The van der Waals surface area contributed by atoms with Crippen molar-refractivity contribution >= 4 is 29.1 Å². The topological polar surface area (TPSA) is 92.9 Å². The first-order chi connectivity index (χ1) is 10.6. The molecular formula is C14H13N5O2S. The largest absolute Gasteiger partial charge is 0.402 e. The highest BCUT2D eigenvalue weighted by atomic mass is 32.1. The Kier molecular flexibility index (Phi) is 3.84. The zero-order valence-corrected chi connectivity index (χ0v) is 12.8. The first-order valence-electron chi connectivity index (χ1n) is 6.53. The quantitative estimate of drug-likeness (QED) is 0.772. The molecule has 7 nitrogen and oxygen atoms in total. The summed E-state index contributed by atoms with van der Waals surface area (Å²) in [5, 5.41) is 13.8. The summed E-state index contributed by atoms with van der Waals surface area (Å²) in [5.74, 6) is 0.345. The molecule has 3 aromatic rings. The van der Waals surface area contributed by atoms with E-state index in [1.807, 2.05) is 32.0 Å². The fraction of sp³-hybridized carbons (Fsp3) is 0.143. The van der Waals surface area contributed by atoms with Crippen LogP contribution in [0.25, 0.3) is 10.8 Å². The maximum atomic E-state index is 11.8. The minimum atomic E-state index is -0.446. The highest BCUT2D eigenvalue weighted by Gasteiger charge is 2.16. The summed E-state index contributed by atoms with van der Waals surface area (Å²) in [6, 6.07) is 8.68. The number of urea groups is 1. The summed E-state index contributed by atoms with van der Waals surface area (Å²) in [6.45, 7) is 3.78. The molecule has 22 heavy (non-hydrogen) atoms. The number of carbonyl (C=O) groups excluding carboxylic acids is 1. The van der Waals surface area contributed by atoms with Gasteiger partial charge in [-0.05, 0) is 26.0 Å². The number of rotatable bonds is 3.